The van der Waals surface area contributed by atoms with Gasteiger partial charge in [-0.1, -0.05) is 32.0 Å². The molecule has 0 heterocycles. The summed E-state index contributed by atoms with van der Waals surface area (Å²) in [5.74, 6) is 0. The van der Waals surface area contributed by atoms with Crippen LogP contribution in [0.3, 0.4) is 0 Å². The maximum absolute atomic E-state index is 5.59. The Hall–Kier alpha value is -0.0100. The number of allylic oxidation sites excluding steroid dienone is 1. The van der Waals surface area contributed by atoms with Crippen molar-refractivity contribution in [3.63, 3.8) is 0 Å². The summed E-state index contributed by atoms with van der Waals surface area (Å²) in [6.07, 6.45) is 0.797. The molecule has 0 atom stereocenters. The average molecular weight is 148 g/mol. The van der Waals surface area contributed by atoms with E-state index in [1.165, 1.54) is 0 Å². The van der Waals surface area contributed by atoms with Crippen LogP contribution in [0.1, 0.15) is 20.3 Å². The summed E-state index contributed by atoms with van der Waals surface area (Å²) >= 11 is 5.59. The summed E-state index contributed by atoms with van der Waals surface area (Å²) < 4.78 is 0. The molecule has 0 amide bonds. The van der Waals surface area contributed by atoms with Crippen LogP contribution in [0.2, 0.25) is 0 Å². The molecule has 0 unspecified atom stereocenters. The van der Waals surface area contributed by atoms with E-state index in [9.17, 15) is 0 Å². The van der Waals surface area contributed by atoms with E-state index in [1.807, 2.05) is 0 Å². The van der Waals surface area contributed by atoms with Crippen LogP contribution in [0, 0.1) is 5.41 Å². The van der Waals surface area contributed by atoms with Gasteiger partial charge in [-0.2, -0.15) is 0 Å². The molecule has 1 nitrogen and oxygen atoms in total. The van der Waals surface area contributed by atoms with Gasteiger partial charge >= 0.3 is 0 Å². The molecule has 0 aliphatic rings. The van der Waals surface area contributed by atoms with Gasteiger partial charge in [-0.25, -0.2) is 0 Å². The van der Waals surface area contributed by atoms with Crippen molar-refractivity contribution in [2.24, 2.45) is 11.1 Å². The highest BCUT2D eigenvalue weighted by molar-refractivity contribution is 6.29. The van der Waals surface area contributed by atoms with E-state index in [1.54, 1.807) is 0 Å². The first-order valence-corrected chi connectivity index (χ1v) is 3.39. The number of rotatable bonds is 3. The Morgan fingerprint density at radius 3 is 2.22 bits per heavy atom. The van der Waals surface area contributed by atoms with Crippen LogP contribution >= 0.6 is 11.6 Å². The molecular weight excluding hydrogens is 134 g/mol. The van der Waals surface area contributed by atoms with Crippen LogP contribution in [0.25, 0.3) is 0 Å². The van der Waals surface area contributed by atoms with E-state index in [4.69, 9.17) is 17.3 Å². The minimum absolute atomic E-state index is 0.110. The summed E-state index contributed by atoms with van der Waals surface area (Å²) in [4.78, 5) is 0. The highest BCUT2D eigenvalue weighted by Crippen LogP contribution is 2.24. The Labute approximate surface area is 61.9 Å². The smallest absolute Gasteiger partial charge is 0.0115 e. The molecule has 0 radical (unpaired) electrons. The standard InChI is InChI=1S/C7H14ClN/c1-6(8)4-7(2,3)5-9/h1,4-5,9H2,2-3H3. The van der Waals surface area contributed by atoms with Gasteiger partial charge < -0.3 is 5.73 Å². The van der Waals surface area contributed by atoms with E-state index in [0.29, 0.717) is 11.6 Å². The Morgan fingerprint density at radius 1 is 1.67 bits per heavy atom. The molecule has 0 saturated carbocycles. The summed E-state index contributed by atoms with van der Waals surface area (Å²) in [5.41, 5.74) is 5.56. The Bertz CT molecular complexity index is 107. The van der Waals surface area contributed by atoms with Crippen molar-refractivity contribution in [1.82, 2.24) is 0 Å². The highest BCUT2D eigenvalue weighted by atomic mass is 35.5. The van der Waals surface area contributed by atoms with Gasteiger partial charge in [0.05, 0.1) is 0 Å². The maximum Gasteiger partial charge on any atom is 0.0115 e. The molecular formula is C7H14ClN. The third-order valence-electron chi connectivity index (χ3n) is 1.22. The summed E-state index contributed by atoms with van der Waals surface area (Å²) in [6, 6.07) is 0. The molecule has 0 rings (SSSR count). The van der Waals surface area contributed by atoms with Crippen molar-refractivity contribution in [2.45, 2.75) is 20.3 Å². The van der Waals surface area contributed by atoms with Crippen molar-refractivity contribution in [2.75, 3.05) is 6.54 Å². The average Bonchev–Trinajstić information content (AvgIpc) is 1.63. The molecule has 0 aromatic rings. The van der Waals surface area contributed by atoms with Crippen LogP contribution in [-0.2, 0) is 0 Å². The van der Waals surface area contributed by atoms with Crippen LogP contribution in [-0.4, -0.2) is 6.54 Å². The Balaban J connectivity index is 3.71. The highest BCUT2D eigenvalue weighted by Gasteiger charge is 2.15. The molecule has 0 fully saturated rings. The van der Waals surface area contributed by atoms with Gasteiger partial charge in [0.15, 0.2) is 0 Å². The molecule has 9 heavy (non-hydrogen) atoms. The topological polar surface area (TPSA) is 26.0 Å². The second-order valence-electron chi connectivity index (χ2n) is 3.06. The zero-order valence-electron chi connectivity index (χ0n) is 6.08. The predicted molar refractivity (Wildman–Crippen MR) is 42.4 cm³/mol. The molecule has 0 spiro atoms. The van der Waals surface area contributed by atoms with Gasteiger partial charge in [0, 0.05) is 5.03 Å². The van der Waals surface area contributed by atoms with E-state index < -0.39 is 0 Å². The van der Waals surface area contributed by atoms with Crippen molar-refractivity contribution in [3.8, 4) is 0 Å². The Morgan fingerprint density at radius 2 is 2.11 bits per heavy atom. The first-order chi connectivity index (χ1) is 3.98. The number of halogens is 1. The molecule has 0 aliphatic carbocycles. The van der Waals surface area contributed by atoms with Gasteiger partial charge in [-0.3, -0.25) is 0 Å². The van der Waals surface area contributed by atoms with Crippen molar-refractivity contribution in [3.05, 3.63) is 11.6 Å². The van der Waals surface area contributed by atoms with Crippen LogP contribution in [0.4, 0.5) is 0 Å². The number of hydrogen-bond acceptors (Lipinski definition) is 1. The fourth-order valence-corrected chi connectivity index (χ4v) is 0.953. The zero-order valence-corrected chi connectivity index (χ0v) is 6.83. The van der Waals surface area contributed by atoms with Gasteiger partial charge in [0.2, 0.25) is 0 Å². The second kappa shape index (κ2) is 3.23. The lowest BCUT2D eigenvalue weighted by atomic mass is 9.90. The molecule has 2 N–H and O–H groups in total. The monoisotopic (exact) mass is 147 g/mol. The third kappa shape index (κ3) is 4.49. The zero-order chi connectivity index (χ0) is 7.49. The minimum atomic E-state index is 0.110. The number of nitrogens with two attached hydrogens (primary N) is 1. The van der Waals surface area contributed by atoms with Gasteiger partial charge in [0.1, 0.15) is 0 Å². The lowest BCUT2D eigenvalue weighted by Crippen LogP contribution is -2.23. The fourth-order valence-electron chi connectivity index (χ4n) is 0.591. The predicted octanol–water partition coefficient (Wildman–Crippen LogP) is 2.11. The number of hydrogen-bond donors (Lipinski definition) is 1. The third-order valence-corrected chi connectivity index (χ3v) is 1.36. The summed E-state index contributed by atoms with van der Waals surface area (Å²) in [5, 5.41) is 0.686. The first-order valence-electron chi connectivity index (χ1n) is 3.01. The van der Waals surface area contributed by atoms with E-state index in [2.05, 4.69) is 20.4 Å². The SMILES string of the molecule is C=C(Cl)CC(C)(C)CN. The Kier molecular flexibility index (Phi) is 3.23. The van der Waals surface area contributed by atoms with Gasteiger partial charge in [-0.15, -0.1) is 0 Å². The quantitative estimate of drug-likeness (QED) is 0.650. The molecule has 0 aromatic carbocycles. The van der Waals surface area contributed by atoms with Crippen LogP contribution in [0.15, 0.2) is 11.6 Å². The molecule has 0 saturated heterocycles. The fraction of sp³-hybridized carbons (Fsp3) is 0.714. The molecule has 0 bridgehead atoms. The van der Waals surface area contributed by atoms with Crippen molar-refractivity contribution < 1.29 is 0 Å². The van der Waals surface area contributed by atoms with Gasteiger partial charge in [0.25, 0.3) is 0 Å². The minimum Gasteiger partial charge on any atom is -0.330 e. The van der Waals surface area contributed by atoms with Crippen molar-refractivity contribution >= 4 is 11.6 Å². The normalized spacial score (nSPS) is 11.6. The van der Waals surface area contributed by atoms with E-state index >= 15 is 0 Å². The van der Waals surface area contributed by atoms with Crippen molar-refractivity contribution in [1.29, 1.82) is 0 Å². The lowest BCUT2D eigenvalue weighted by molar-refractivity contribution is 0.382. The van der Waals surface area contributed by atoms with Crippen LogP contribution < -0.4 is 5.73 Å². The second-order valence-corrected chi connectivity index (χ2v) is 3.60. The first kappa shape index (κ1) is 8.99. The van der Waals surface area contributed by atoms with Gasteiger partial charge in [-0.05, 0) is 18.4 Å². The van der Waals surface area contributed by atoms with E-state index in [0.717, 1.165) is 6.42 Å². The largest absolute Gasteiger partial charge is 0.330 e. The maximum atomic E-state index is 5.59. The van der Waals surface area contributed by atoms with E-state index in [-0.39, 0.29) is 5.41 Å². The summed E-state index contributed by atoms with van der Waals surface area (Å²) in [6.45, 7) is 8.39. The summed E-state index contributed by atoms with van der Waals surface area (Å²) in [7, 11) is 0. The molecule has 54 valence electrons. The lowest BCUT2D eigenvalue weighted by Gasteiger charge is -2.20. The molecule has 0 aromatic heterocycles. The molecule has 2 heteroatoms. The molecule has 0 aliphatic heterocycles. The van der Waals surface area contributed by atoms with Crippen LogP contribution in [0.5, 0.6) is 0 Å².